The lowest BCUT2D eigenvalue weighted by Crippen LogP contribution is -2.37. The summed E-state index contributed by atoms with van der Waals surface area (Å²) in [7, 11) is -3.74. The Hall–Kier alpha value is -2.06. The zero-order valence-corrected chi connectivity index (χ0v) is 19.7. The summed E-state index contributed by atoms with van der Waals surface area (Å²) < 4.78 is 27.8. The van der Waals surface area contributed by atoms with Gasteiger partial charge in [-0.15, -0.1) is 0 Å². The predicted octanol–water partition coefficient (Wildman–Crippen LogP) is 4.85. The Bertz CT molecular complexity index is 1310. The molecule has 1 fully saturated rings. The van der Waals surface area contributed by atoms with Crippen molar-refractivity contribution in [2.75, 3.05) is 19.6 Å². The zero-order valence-electron chi connectivity index (χ0n) is 17.4. The molecule has 2 aromatic carbocycles. The minimum atomic E-state index is -3.74. The first-order chi connectivity index (χ1) is 15.3. The second-order valence-electron chi connectivity index (χ2n) is 8.36. The minimum Gasteiger partial charge on any atom is -0.358 e. The van der Waals surface area contributed by atoms with Crippen molar-refractivity contribution >= 4 is 50.0 Å². The van der Waals surface area contributed by atoms with Gasteiger partial charge in [0.05, 0.1) is 5.02 Å². The van der Waals surface area contributed by atoms with Crippen LogP contribution in [0.2, 0.25) is 10.0 Å². The van der Waals surface area contributed by atoms with Gasteiger partial charge in [-0.3, -0.25) is 4.79 Å². The molecule has 0 saturated carbocycles. The van der Waals surface area contributed by atoms with E-state index >= 15 is 0 Å². The lowest BCUT2D eigenvalue weighted by molar-refractivity contribution is 0.0735. The molecule has 5 rings (SSSR count). The van der Waals surface area contributed by atoms with Crippen LogP contribution in [0.15, 0.2) is 41.3 Å². The van der Waals surface area contributed by atoms with Crippen LogP contribution in [0.25, 0.3) is 10.9 Å². The normalized spacial score (nSPS) is 17.5. The number of aromatic nitrogens is 1. The lowest BCUT2D eigenvalue weighted by Gasteiger charge is -2.28. The van der Waals surface area contributed by atoms with E-state index < -0.39 is 10.0 Å². The van der Waals surface area contributed by atoms with Gasteiger partial charge in [0.25, 0.3) is 5.91 Å². The highest BCUT2D eigenvalue weighted by atomic mass is 35.5. The van der Waals surface area contributed by atoms with E-state index in [0.29, 0.717) is 43.2 Å². The number of H-pyrrole nitrogens is 1. The Morgan fingerprint density at radius 2 is 1.75 bits per heavy atom. The first kappa shape index (κ1) is 21.8. The van der Waals surface area contributed by atoms with Crippen LogP contribution >= 0.6 is 23.2 Å². The molecule has 0 unspecified atom stereocenters. The number of benzene rings is 2. The van der Waals surface area contributed by atoms with Crippen molar-refractivity contribution in [3.8, 4) is 0 Å². The number of hydrogen-bond donors (Lipinski definition) is 1. The van der Waals surface area contributed by atoms with E-state index in [9.17, 15) is 13.2 Å². The topological polar surface area (TPSA) is 73.5 Å². The van der Waals surface area contributed by atoms with E-state index in [1.807, 2.05) is 18.2 Å². The molecule has 6 nitrogen and oxygen atoms in total. The second kappa shape index (κ2) is 8.37. The van der Waals surface area contributed by atoms with Gasteiger partial charge in [0, 0.05) is 65.3 Å². The molecular weight excluding hydrogens is 469 g/mol. The van der Waals surface area contributed by atoms with Crippen molar-refractivity contribution in [3.63, 3.8) is 0 Å². The van der Waals surface area contributed by atoms with Gasteiger partial charge in [-0.2, -0.15) is 4.31 Å². The van der Waals surface area contributed by atoms with E-state index in [-0.39, 0.29) is 15.8 Å². The number of nitrogens with zero attached hydrogens (tertiary/aromatic N) is 2. The molecular formula is C23H23Cl2N3O3S. The molecule has 3 heterocycles. The van der Waals surface area contributed by atoms with Crippen LogP contribution in [0.1, 0.15) is 40.9 Å². The first-order valence-corrected chi connectivity index (χ1v) is 12.9. The SMILES string of the molecule is O=C(c1ccc(Cl)c(S(=O)(=O)N2CCCCC2)c1)N1CCc2[nH]c3ccc(Cl)cc3c2C1. The lowest BCUT2D eigenvalue weighted by atomic mass is 10.0. The van der Waals surface area contributed by atoms with E-state index in [0.717, 1.165) is 41.4 Å². The quantitative estimate of drug-likeness (QED) is 0.568. The number of aromatic amines is 1. The number of nitrogens with one attached hydrogen (secondary N) is 1. The number of carbonyl (C=O) groups excluding carboxylic acids is 1. The van der Waals surface area contributed by atoms with Gasteiger partial charge in [0.2, 0.25) is 10.0 Å². The average Bonchev–Trinajstić information content (AvgIpc) is 3.16. The Kier molecular flexibility index (Phi) is 5.70. The number of fused-ring (bicyclic) bond motifs is 3. The van der Waals surface area contributed by atoms with Gasteiger partial charge in [-0.1, -0.05) is 29.6 Å². The standard InChI is InChI=1S/C23H23Cl2N3O3S/c24-16-5-7-20-17(13-16)18-14-27(11-8-21(18)26-20)23(29)15-4-6-19(25)22(12-15)32(30,31)28-9-2-1-3-10-28/h4-7,12-13,26H,1-3,8-11,14H2. The smallest absolute Gasteiger partial charge is 0.254 e. The summed E-state index contributed by atoms with van der Waals surface area (Å²) in [5.41, 5.74) is 3.48. The first-order valence-electron chi connectivity index (χ1n) is 10.7. The molecule has 0 atom stereocenters. The van der Waals surface area contributed by atoms with Crippen LogP contribution in [0.5, 0.6) is 0 Å². The molecule has 0 bridgehead atoms. The predicted molar refractivity (Wildman–Crippen MR) is 126 cm³/mol. The second-order valence-corrected chi connectivity index (χ2v) is 11.1. The van der Waals surface area contributed by atoms with Gasteiger partial charge in [-0.25, -0.2) is 8.42 Å². The fourth-order valence-corrected chi connectivity index (χ4v) is 6.81. The van der Waals surface area contributed by atoms with E-state index in [1.165, 1.54) is 16.4 Å². The fraction of sp³-hybridized carbons (Fsp3) is 0.348. The number of sulfonamides is 1. The van der Waals surface area contributed by atoms with Gasteiger partial charge < -0.3 is 9.88 Å². The fourth-order valence-electron chi connectivity index (χ4n) is 4.62. The van der Waals surface area contributed by atoms with Gasteiger partial charge in [-0.05, 0) is 49.2 Å². The number of hydrogen-bond acceptors (Lipinski definition) is 3. The molecule has 9 heteroatoms. The highest BCUT2D eigenvalue weighted by Gasteiger charge is 2.30. The summed E-state index contributed by atoms with van der Waals surface area (Å²) >= 11 is 12.5. The Morgan fingerprint density at radius 1 is 0.969 bits per heavy atom. The van der Waals surface area contributed by atoms with Gasteiger partial charge in [0.1, 0.15) is 4.90 Å². The van der Waals surface area contributed by atoms with Crippen molar-refractivity contribution in [3.05, 3.63) is 63.3 Å². The molecule has 1 N–H and O–H groups in total. The van der Waals surface area contributed by atoms with Gasteiger partial charge >= 0.3 is 0 Å². The number of amides is 1. The summed E-state index contributed by atoms with van der Waals surface area (Å²) in [6, 6.07) is 10.2. The van der Waals surface area contributed by atoms with Gasteiger partial charge in [0.15, 0.2) is 0 Å². The van der Waals surface area contributed by atoms with Crippen molar-refractivity contribution < 1.29 is 13.2 Å². The monoisotopic (exact) mass is 491 g/mol. The Morgan fingerprint density at radius 3 is 2.53 bits per heavy atom. The maximum absolute atomic E-state index is 13.3. The highest BCUT2D eigenvalue weighted by molar-refractivity contribution is 7.89. The third-order valence-corrected chi connectivity index (χ3v) is 8.95. The molecule has 0 aliphatic carbocycles. The summed E-state index contributed by atoms with van der Waals surface area (Å²) in [4.78, 5) is 18.5. The van der Waals surface area contributed by atoms with Crippen molar-refractivity contribution in [2.24, 2.45) is 0 Å². The summed E-state index contributed by atoms with van der Waals surface area (Å²) in [6.45, 7) is 1.94. The molecule has 32 heavy (non-hydrogen) atoms. The molecule has 1 saturated heterocycles. The maximum atomic E-state index is 13.3. The van der Waals surface area contributed by atoms with Crippen LogP contribution in [0.3, 0.4) is 0 Å². The number of carbonyl (C=O) groups is 1. The molecule has 1 amide bonds. The van der Waals surface area contributed by atoms with Crippen LogP contribution < -0.4 is 0 Å². The zero-order chi connectivity index (χ0) is 22.5. The molecule has 168 valence electrons. The number of piperidine rings is 1. The molecule has 0 spiro atoms. The van der Waals surface area contributed by atoms with E-state index in [1.54, 1.807) is 11.0 Å². The van der Waals surface area contributed by atoms with E-state index in [4.69, 9.17) is 23.2 Å². The van der Waals surface area contributed by atoms with E-state index in [2.05, 4.69) is 4.98 Å². The van der Waals surface area contributed by atoms with Crippen molar-refractivity contribution in [2.45, 2.75) is 37.1 Å². The molecule has 3 aromatic rings. The molecule has 2 aliphatic heterocycles. The molecule has 2 aliphatic rings. The van der Waals surface area contributed by atoms with Crippen LogP contribution in [0, 0.1) is 0 Å². The third-order valence-electron chi connectivity index (χ3n) is 6.34. The third kappa shape index (κ3) is 3.81. The Labute approximate surface area is 197 Å². The largest absolute Gasteiger partial charge is 0.358 e. The molecule has 0 radical (unpaired) electrons. The van der Waals surface area contributed by atoms with Crippen LogP contribution in [0.4, 0.5) is 0 Å². The summed E-state index contributed by atoms with van der Waals surface area (Å²) in [6.07, 6.45) is 3.38. The minimum absolute atomic E-state index is 0.00323. The van der Waals surface area contributed by atoms with Crippen LogP contribution in [-0.4, -0.2) is 48.1 Å². The Balaban J connectivity index is 1.45. The van der Waals surface area contributed by atoms with Crippen LogP contribution in [-0.2, 0) is 23.0 Å². The summed E-state index contributed by atoms with van der Waals surface area (Å²) in [5, 5.41) is 1.79. The maximum Gasteiger partial charge on any atom is 0.254 e. The number of rotatable bonds is 3. The van der Waals surface area contributed by atoms with Crippen molar-refractivity contribution in [1.29, 1.82) is 0 Å². The molecule has 1 aromatic heterocycles. The number of halogens is 2. The average molecular weight is 492 g/mol. The highest BCUT2D eigenvalue weighted by Crippen LogP contribution is 2.32. The summed E-state index contributed by atoms with van der Waals surface area (Å²) in [5.74, 6) is -0.209. The van der Waals surface area contributed by atoms with Crippen molar-refractivity contribution in [1.82, 2.24) is 14.2 Å².